The standard InChI is InChI=1S/C16H18Cl2N2/c1-11-8-14(20(2)3)6-7-16(11)19-10-12-4-5-13(17)9-15(12)18/h4-9,19H,10H2,1-3H3. The van der Waals surface area contributed by atoms with Crippen molar-refractivity contribution >= 4 is 34.6 Å². The van der Waals surface area contributed by atoms with E-state index in [0.717, 1.165) is 11.3 Å². The molecule has 0 heterocycles. The monoisotopic (exact) mass is 308 g/mol. The number of halogens is 2. The zero-order valence-corrected chi connectivity index (χ0v) is 13.4. The van der Waals surface area contributed by atoms with E-state index >= 15 is 0 Å². The van der Waals surface area contributed by atoms with Crippen LogP contribution in [0.1, 0.15) is 11.1 Å². The highest BCUT2D eigenvalue weighted by Crippen LogP contribution is 2.24. The van der Waals surface area contributed by atoms with E-state index in [0.29, 0.717) is 16.6 Å². The highest BCUT2D eigenvalue weighted by molar-refractivity contribution is 6.35. The van der Waals surface area contributed by atoms with Gasteiger partial charge in [0.15, 0.2) is 0 Å². The average molecular weight is 309 g/mol. The van der Waals surface area contributed by atoms with E-state index in [-0.39, 0.29) is 0 Å². The number of rotatable bonds is 4. The fourth-order valence-electron chi connectivity index (χ4n) is 1.98. The third-order valence-corrected chi connectivity index (χ3v) is 3.80. The molecule has 2 aromatic carbocycles. The van der Waals surface area contributed by atoms with Crippen molar-refractivity contribution in [2.45, 2.75) is 13.5 Å². The summed E-state index contributed by atoms with van der Waals surface area (Å²) in [5, 5.41) is 4.75. The molecule has 0 bridgehead atoms. The number of nitrogens with one attached hydrogen (secondary N) is 1. The van der Waals surface area contributed by atoms with Crippen LogP contribution < -0.4 is 10.2 Å². The van der Waals surface area contributed by atoms with Gasteiger partial charge in [0.05, 0.1) is 0 Å². The summed E-state index contributed by atoms with van der Waals surface area (Å²) in [6, 6.07) is 11.9. The first-order valence-corrected chi connectivity index (χ1v) is 7.19. The van der Waals surface area contributed by atoms with Crippen molar-refractivity contribution in [3.8, 4) is 0 Å². The molecule has 0 fully saturated rings. The predicted octanol–water partition coefficient (Wildman–Crippen LogP) is 4.98. The number of nitrogens with zero attached hydrogens (tertiary/aromatic N) is 1. The minimum absolute atomic E-state index is 0.658. The van der Waals surface area contributed by atoms with Gasteiger partial charge in [0, 0.05) is 42.1 Å². The van der Waals surface area contributed by atoms with Crippen molar-refractivity contribution in [2.75, 3.05) is 24.3 Å². The van der Waals surface area contributed by atoms with Crippen molar-refractivity contribution in [1.29, 1.82) is 0 Å². The lowest BCUT2D eigenvalue weighted by Crippen LogP contribution is -2.09. The van der Waals surface area contributed by atoms with E-state index in [1.807, 2.05) is 26.2 Å². The minimum Gasteiger partial charge on any atom is -0.381 e. The molecular formula is C16H18Cl2N2. The van der Waals surface area contributed by atoms with Gasteiger partial charge in [0.1, 0.15) is 0 Å². The summed E-state index contributed by atoms with van der Waals surface area (Å²) in [5.41, 5.74) is 4.55. The van der Waals surface area contributed by atoms with Gasteiger partial charge in [0.2, 0.25) is 0 Å². The fraction of sp³-hybridized carbons (Fsp3) is 0.250. The molecule has 0 aliphatic carbocycles. The fourth-order valence-corrected chi connectivity index (χ4v) is 2.46. The van der Waals surface area contributed by atoms with Crippen molar-refractivity contribution in [2.24, 2.45) is 0 Å². The van der Waals surface area contributed by atoms with E-state index in [4.69, 9.17) is 23.2 Å². The minimum atomic E-state index is 0.658. The Hall–Kier alpha value is -1.38. The van der Waals surface area contributed by atoms with Crippen LogP contribution in [-0.4, -0.2) is 14.1 Å². The Bertz CT molecular complexity index is 609. The summed E-state index contributed by atoms with van der Waals surface area (Å²) in [4.78, 5) is 2.09. The second kappa shape index (κ2) is 6.38. The molecule has 4 heteroatoms. The molecule has 0 aromatic heterocycles. The third kappa shape index (κ3) is 3.59. The molecule has 0 atom stereocenters. The van der Waals surface area contributed by atoms with Crippen LogP contribution in [0.2, 0.25) is 10.0 Å². The van der Waals surface area contributed by atoms with Gasteiger partial charge < -0.3 is 10.2 Å². The van der Waals surface area contributed by atoms with Crippen LogP contribution in [-0.2, 0) is 6.54 Å². The average Bonchev–Trinajstić information content (AvgIpc) is 2.38. The van der Waals surface area contributed by atoms with Crippen molar-refractivity contribution < 1.29 is 0 Å². The van der Waals surface area contributed by atoms with Crippen LogP contribution in [0.25, 0.3) is 0 Å². The first kappa shape index (κ1) is 15.0. The number of hydrogen-bond acceptors (Lipinski definition) is 2. The second-order valence-corrected chi connectivity index (χ2v) is 5.83. The van der Waals surface area contributed by atoms with E-state index in [1.54, 1.807) is 6.07 Å². The first-order chi connectivity index (χ1) is 9.47. The smallest absolute Gasteiger partial charge is 0.0470 e. The molecule has 0 saturated carbocycles. The van der Waals surface area contributed by atoms with Gasteiger partial charge in [-0.25, -0.2) is 0 Å². The molecule has 2 rings (SSSR count). The SMILES string of the molecule is Cc1cc(N(C)C)ccc1NCc1ccc(Cl)cc1Cl. The molecule has 0 saturated heterocycles. The zero-order chi connectivity index (χ0) is 14.7. The number of benzene rings is 2. The molecule has 0 radical (unpaired) electrons. The largest absolute Gasteiger partial charge is 0.381 e. The molecule has 106 valence electrons. The predicted molar refractivity (Wildman–Crippen MR) is 89.3 cm³/mol. The Labute approximate surface area is 130 Å². The molecule has 0 aliphatic heterocycles. The second-order valence-electron chi connectivity index (χ2n) is 4.98. The van der Waals surface area contributed by atoms with Crippen LogP contribution in [0, 0.1) is 6.92 Å². The lowest BCUT2D eigenvalue weighted by molar-refractivity contribution is 1.11. The maximum atomic E-state index is 6.17. The molecule has 1 N–H and O–H groups in total. The Balaban J connectivity index is 2.11. The van der Waals surface area contributed by atoms with Gasteiger partial charge in [-0.3, -0.25) is 0 Å². The summed E-state index contributed by atoms with van der Waals surface area (Å²) >= 11 is 12.1. The normalized spacial score (nSPS) is 10.4. The van der Waals surface area contributed by atoms with Gasteiger partial charge in [-0.15, -0.1) is 0 Å². The van der Waals surface area contributed by atoms with Crippen molar-refractivity contribution in [1.82, 2.24) is 0 Å². The Morgan fingerprint density at radius 2 is 1.80 bits per heavy atom. The molecular weight excluding hydrogens is 291 g/mol. The lowest BCUT2D eigenvalue weighted by atomic mass is 10.1. The number of anilines is 2. The van der Waals surface area contributed by atoms with E-state index in [2.05, 4.69) is 35.3 Å². The van der Waals surface area contributed by atoms with Gasteiger partial charge in [-0.1, -0.05) is 29.3 Å². The van der Waals surface area contributed by atoms with Gasteiger partial charge in [0.25, 0.3) is 0 Å². The molecule has 0 aliphatic rings. The molecule has 0 amide bonds. The van der Waals surface area contributed by atoms with E-state index < -0.39 is 0 Å². The number of aryl methyl sites for hydroxylation is 1. The quantitative estimate of drug-likeness (QED) is 0.857. The Morgan fingerprint density at radius 1 is 1.05 bits per heavy atom. The summed E-state index contributed by atoms with van der Waals surface area (Å²) < 4.78 is 0. The Morgan fingerprint density at radius 3 is 2.40 bits per heavy atom. The summed E-state index contributed by atoms with van der Waals surface area (Å²) in [6.45, 7) is 2.77. The topological polar surface area (TPSA) is 15.3 Å². The van der Waals surface area contributed by atoms with Gasteiger partial charge >= 0.3 is 0 Å². The van der Waals surface area contributed by atoms with Crippen LogP contribution >= 0.6 is 23.2 Å². The summed E-state index contributed by atoms with van der Waals surface area (Å²) in [6.07, 6.45) is 0. The highest BCUT2D eigenvalue weighted by Gasteiger charge is 2.04. The third-order valence-electron chi connectivity index (χ3n) is 3.21. The van der Waals surface area contributed by atoms with Crippen LogP contribution in [0.3, 0.4) is 0 Å². The Kier molecular flexibility index (Phi) is 4.79. The van der Waals surface area contributed by atoms with E-state index in [1.165, 1.54) is 11.3 Å². The van der Waals surface area contributed by atoms with Crippen molar-refractivity contribution in [3.63, 3.8) is 0 Å². The van der Waals surface area contributed by atoms with E-state index in [9.17, 15) is 0 Å². The lowest BCUT2D eigenvalue weighted by Gasteiger charge is -2.16. The van der Waals surface area contributed by atoms with Crippen molar-refractivity contribution in [3.05, 3.63) is 57.6 Å². The number of hydrogen-bond donors (Lipinski definition) is 1. The van der Waals surface area contributed by atoms with Crippen LogP contribution in [0.4, 0.5) is 11.4 Å². The van der Waals surface area contributed by atoms with Gasteiger partial charge in [-0.2, -0.15) is 0 Å². The van der Waals surface area contributed by atoms with Crippen LogP contribution in [0.15, 0.2) is 36.4 Å². The molecule has 2 aromatic rings. The molecule has 0 spiro atoms. The maximum absolute atomic E-state index is 6.17. The summed E-state index contributed by atoms with van der Waals surface area (Å²) in [7, 11) is 4.07. The maximum Gasteiger partial charge on any atom is 0.0470 e. The molecule has 2 nitrogen and oxygen atoms in total. The highest BCUT2D eigenvalue weighted by atomic mass is 35.5. The molecule has 20 heavy (non-hydrogen) atoms. The van der Waals surface area contributed by atoms with Crippen LogP contribution in [0.5, 0.6) is 0 Å². The zero-order valence-electron chi connectivity index (χ0n) is 11.9. The van der Waals surface area contributed by atoms with Gasteiger partial charge in [-0.05, 0) is 48.4 Å². The first-order valence-electron chi connectivity index (χ1n) is 6.43. The summed E-state index contributed by atoms with van der Waals surface area (Å²) in [5.74, 6) is 0. The molecule has 0 unspecified atom stereocenters.